The molecule has 1 fully saturated rings. The summed E-state index contributed by atoms with van der Waals surface area (Å²) in [6, 6.07) is 7.49. The third-order valence-corrected chi connectivity index (χ3v) is 4.40. The topological polar surface area (TPSA) is 96.5 Å². The fraction of sp³-hybridized carbons (Fsp3) is 0.250. The predicted octanol–water partition coefficient (Wildman–Crippen LogP) is 1.24. The van der Waals surface area contributed by atoms with E-state index in [9.17, 15) is 19.1 Å². The molecule has 3 N–H and O–H groups in total. The number of aliphatic hydroxyl groups is 1. The number of carbonyl (C=O) groups excluding carboxylic acids is 2. The van der Waals surface area contributed by atoms with E-state index >= 15 is 0 Å². The second-order valence-corrected chi connectivity index (χ2v) is 6.56. The Morgan fingerprint density at radius 3 is 2.74 bits per heavy atom. The Morgan fingerprint density at radius 2 is 2.11 bits per heavy atom. The molecule has 0 saturated carbocycles. The highest BCUT2D eigenvalue weighted by molar-refractivity contribution is 5.92. The molecule has 1 atom stereocenters. The number of hydrogen-bond donors (Lipinski definition) is 2. The Bertz CT molecular complexity index is 1010. The average molecular weight is 367 g/mol. The van der Waals surface area contributed by atoms with Crippen LogP contribution in [0.25, 0.3) is 11.3 Å². The largest absolute Gasteiger partial charge is 0.369 e. The molecule has 138 valence electrons. The highest BCUT2D eigenvalue weighted by Gasteiger charge is 2.42. The minimum atomic E-state index is -1.81. The Kier molecular flexibility index (Phi) is 4.68. The van der Waals surface area contributed by atoms with Gasteiger partial charge in [0.05, 0.1) is 11.3 Å². The molecule has 1 aliphatic heterocycles. The summed E-state index contributed by atoms with van der Waals surface area (Å²) < 4.78 is 14.2. The van der Waals surface area contributed by atoms with Gasteiger partial charge in [-0.15, -0.1) is 0 Å². The third kappa shape index (κ3) is 3.66. The van der Waals surface area contributed by atoms with E-state index in [0.717, 1.165) is 5.56 Å². The van der Waals surface area contributed by atoms with Crippen LogP contribution in [-0.2, 0) is 4.79 Å². The maximum atomic E-state index is 14.2. The first-order chi connectivity index (χ1) is 12.7. The maximum absolute atomic E-state index is 14.2. The van der Waals surface area contributed by atoms with Crippen LogP contribution in [0, 0.1) is 24.6 Å². The maximum Gasteiger partial charge on any atom is 0.267 e. The van der Waals surface area contributed by atoms with Gasteiger partial charge in [0.15, 0.2) is 0 Å². The Morgan fingerprint density at radius 1 is 1.37 bits per heavy atom. The number of nitrogens with zero attached hydrogens (tertiary/aromatic N) is 2. The standard InChI is InChI=1S/C20H18FN3O3/c1-12-9-16(23-17(10-12)18(22)25)14-3-4-15(21)13(11-14)5-6-20(27)7-8-24(2)19(20)26/h3-4,9-11,27H,7-8H2,1-2H3,(H2,22,25). The molecule has 0 spiro atoms. The summed E-state index contributed by atoms with van der Waals surface area (Å²) in [4.78, 5) is 29.0. The van der Waals surface area contributed by atoms with Crippen LogP contribution >= 0.6 is 0 Å². The number of likely N-dealkylation sites (N-methyl/N-ethyl adjacent to an activating group) is 1. The quantitative estimate of drug-likeness (QED) is 0.781. The van der Waals surface area contributed by atoms with E-state index < -0.39 is 23.2 Å². The van der Waals surface area contributed by atoms with Gasteiger partial charge in [0, 0.05) is 25.6 Å². The SMILES string of the molecule is Cc1cc(C(N)=O)nc(-c2ccc(F)c(C#CC3(O)CCN(C)C3=O)c2)c1. The molecular weight excluding hydrogens is 349 g/mol. The average Bonchev–Trinajstić information content (AvgIpc) is 2.88. The van der Waals surface area contributed by atoms with Crippen LogP contribution < -0.4 is 5.73 Å². The summed E-state index contributed by atoms with van der Waals surface area (Å²) in [5, 5.41) is 10.4. The third-order valence-electron chi connectivity index (χ3n) is 4.40. The molecule has 7 heteroatoms. The number of aryl methyl sites for hydroxylation is 1. The van der Waals surface area contributed by atoms with Crippen LogP contribution in [0.1, 0.15) is 28.0 Å². The molecule has 27 heavy (non-hydrogen) atoms. The van der Waals surface area contributed by atoms with Gasteiger partial charge < -0.3 is 15.7 Å². The van der Waals surface area contributed by atoms with Crippen LogP contribution in [0.4, 0.5) is 4.39 Å². The fourth-order valence-electron chi connectivity index (χ4n) is 2.86. The van der Waals surface area contributed by atoms with Crippen molar-refractivity contribution < 1.29 is 19.1 Å². The number of benzene rings is 1. The molecule has 1 unspecified atom stereocenters. The van der Waals surface area contributed by atoms with Gasteiger partial charge in [-0.2, -0.15) is 0 Å². The molecule has 1 aromatic heterocycles. The van der Waals surface area contributed by atoms with E-state index in [4.69, 9.17) is 5.73 Å². The lowest BCUT2D eigenvalue weighted by Crippen LogP contribution is -2.37. The van der Waals surface area contributed by atoms with Gasteiger partial charge in [-0.05, 0) is 42.8 Å². The molecule has 1 saturated heterocycles. The Labute approximate surface area is 155 Å². The number of amides is 2. The van der Waals surface area contributed by atoms with E-state index in [0.29, 0.717) is 17.8 Å². The highest BCUT2D eigenvalue weighted by atomic mass is 19.1. The predicted molar refractivity (Wildman–Crippen MR) is 97.0 cm³/mol. The van der Waals surface area contributed by atoms with Gasteiger partial charge in [-0.3, -0.25) is 9.59 Å². The highest BCUT2D eigenvalue weighted by Crippen LogP contribution is 2.24. The number of hydrogen-bond acceptors (Lipinski definition) is 4. The smallest absolute Gasteiger partial charge is 0.267 e. The molecule has 0 bridgehead atoms. The van der Waals surface area contributed by atoms with Crippen molar-refractivity contribution in [2.75, 3.05) is 13.6 Å². The normalized spacial score (nSPS) is 19.0. The number of pyridine rings is 1. The van der Waals surface area contributed by atoms with E-state index in [-0.39, 0.29) is 17.7 Å². The number of likely N-dealkylation sites (tertiary alicyclic amines) is 1. The van der Waals surface area contributed by atoms with Crippen molar-refractivity contribution in [1.29, 1.82) is 0 Å². The number of halogens is 1. The van der Waals surface area contributed by atoms with Gasteiger partial charge in [-0.1, -0.05) is 11.8 Å². The lowest BCUT2D eigenvalue weighted by Gasteiger charge is -2.13. The number of nitrogens with two attached hydrogens (primary N) is 1. The van der Waals surface area contributed by atoms with Crippen LogP contribution in [0.15, 0.2) is 30.3 Å². The molecule has 1 aromatic carbocycles. The minimum Gasteiger partial charge on any atom is -0.369 e. The van der Waals surface area contributed by atoms with Gasteiger partial charge in [0.2, 0.25) is 5.60 Å². The Balaban J connectivity index is 2.01. The number of rotatable bonds is 2. The molecule has 1 aliphatic rings. The molecule has 2 amide bonds. The number of primary amides is 1. The lowest BCUT2D eigenvalue weighted by molar-refractivity contribution is -0.137. The zero-order chi connectivity index (χ0) is 19.8. The molecule has 3 rings (SSSR count). The summed E-state index contributed by atoms with van der Waals surface area (Å²) in [5.74, 6) is 3.31. The zero-order valence-electron chi connectivity index (χ0n) is 14.9. The summed E-state index contributed by atoms with van der Waals surface area (Å²) in [6.07, 6.45) is 0.165. The van der Waals surface area contributed by atoms with Crippen LogP contribution in [0.5, 0.6) is 0 Å². The van der Waals surface area contributed by atoms with E-state index in [1.54, 1.807) is 26.1 Å². The van der Waals surface area contributed by atoms with Gasteiger partial charge in [-0.25, -0.2) is 9.37 Å². The molecule has 0 aliphatic carbocycles. The zero-order valence-corrected chi connectivity index (χ0v) is 14.9. The lowest BCUT2D eigenvalue weighted by atomic mass is 10.0. The second kappa shape index (κ2) is 6.82. The second-order valence-electron chi connectivity index (χ2n) is 6.56. The summed E-state index contributed by atoms with van der Waals surface area (Å²) in [7, 11) is 1.57. The Hall–Kier alpha value is -3.24. The summed E-state index contributed by atoms with van der Waals surface area (Å²) in [6.45, 7) is 2.18. The van der Waals surface area contributed by atoms with Crippen molar-refractivity contribution in [1.82, 2.24) is 9.88 Å². The first-order valence-electron chi connectivity index (χ1n) is 8.29. The molecule has 2 heterocycles. The fourth-order valence-corrected chi connectivity index (χ4v) is 2.86. The molecular formula is C20H18FN3O3. The number of carbonyl (C=O) groups is 2. The van der Waals surface area contributed by atoms with Crippen molar-refractivity contribution in [3.63, 3.8) is 0 Å². The van der Waals surface area contributed by atoms with Crippen molar-refractivity contribution in [2.45, 2.75) is 18.9 Å². The molecule has 2 aromatic rings. The monoisotopic (exact) mass is 367 g/mol. The van der Waals surface area contributed by atoms with E-state index in [2.05, 4.69) is 16.8 Å². The van der Waals surface area contributed by atoms with Crippen molar-refractivity contribution >= 4 is 11.8 Å². The first kappa shape index (κ1) is 18.5. The van der Waals surface area contributed by atoms with Crippen LogP contribution in [-0.4, -0.2) is 46.0 Å². The summed E-state index contributed by atoms with van der Waals surface area (Å²) >= 11 is 0. The first-order valence-corrected chi connectivity index (χ1v) is 8.29. The minimum absolute atomic E-state index is 0.0206. The molecule has 6 nitrogen and oxygen atoms in total. The van der Waals surface area contributed by atoms with Crippen molar-refractivity contribution in [3.8, 4) is 23.1 Å². The van der Waals surface area contributed by atoms with Gasteiger partial charge in [0.1, 0.15) is 11.5 Å². The van der Waals surface area contributed by atoms with Crippen LogP contribution in [0.3, 0.4) is 0 Å². The van der Waals surface area contributed by atoms with E-state index in [1.807, 2.05) is 0 Å². The van der Waals surface area contributed by atoms with Crippen molar-refractivity contribution in [2.24, 2.45) is 5.73 Å². The summed E-state index contributed by atoms with van der Waals surface area (Å²) in [5.41, 5.74) is 5.37. The van der Waals surface area contributed by atoms with Crippen molar-refractivity contribution in [3.05, 3.63) is 53.0 Å². The molecule has 0 radical (unpaired) electrons. The van der Waals surface area contributed by atoms with Gasteiger partial charge in [0.25, 0.3) is 11.8 Å². The van der Waals surface area contributed by atoms with E-state index in [1.165, 1.54) is 23.1 Å². The van der Waals surface area contributed by atoms with Crippen LogP contribution in [0.2, 0.25) is 0 Å². The van der Waals surface area contributed by atoms with Gasteiger partial charge >= 0.3 is 0 Å². The number of aromatic nitrogens is 1.